The summed E-state index contributed by atoms with van der Waals surface area (Å²) >= 11 is 0. The van der Waals surface area contributed by atoms with E-state index in [2.05, 4.69) is 5.32 Å². The van der Waals surface area contributed by atoms with Crippen LogP contribution in [-0.4, -0.2) is 76.4 Å². The third kappa shape index (κ3) is 2.31. The van der Waals surface area contributed by atoms with Gasteiger partial charge in [-0.15, -0.1) is 0 Å². The lowest BCUT2D eigenvalue weighted by molar-refractivity contribution is -0.154. The van der Waals surface area contributed by atoms with Gasteiger partial charge in [0.25, 0.3) is 0 Å². The van der Waals surface area contributed by atoms with Crippen molar-refractivity contribution in [3.05, 3.63) is 11.6 Å². The summed E-state index contributed by atoms with van der Waals surface area (Å²) in [5.74, 6) is 0. The summed E-state index contributed by atoms with van der Waals surface area (Å²) in [4.78, 5) is 0. The highest BCUT2D eigenvalue weighted by atomic mass is 16.7. The van der Waals surface area contributed by atoms with Crippen molar-refractivity contribution in [2.45, 2.75) is 49.3 Å². The second-order valence-corrected chi connectivity index (χ2v) is 5.28. The standard InChI is InChI=1S/C12H19NO6/c14-7-3-13-6(11(7)17)2-1-5-9(15)8-4-18-12(19-8)10(5)16/h1,6-17H,2-4H2/b5-1-/t6-,7-,8+,9+,10+,11+,12+/m0/s1. The van der Waals surface area contributed by atoms with Gasteiger partial charge >= 0.3 is 0 Å². The van der Waals surface area contributed by atoms with Crippen LogP contribution in [0.1, 0.15) is 6.42 Å². The van der Waals surface area contributed by atoms with E-state index in [1.165, 1.54) is 0 Å². The molecule has 3 heterocycles. The number of rotatable bonds is 2. The molecule has 0 aromatic carbocycles. The molecule has 3 saturated heterocycles. The molecule has 0 aromatic heterocycles. The van der Waals surface area contributed by atoms with Crippen LogP contribution < -0.4 is 5.32 Å². The first kappa shape index (κ1) is 13.4. The molecule has 2 bridgehead atoms. The summed E-state index contributed by atoms with van der Waals surface area (Å²) in [6.45, 7) is 0.612. The molecule has 19 heavy (non-hydrogen) atoms. The molecule has 7 atom stereocenters. The smallest absolute Gasteiger partial charge is 0.188 e. The molecular weight excluding hydrogens is 254 g/mol. The topological polar surface area (TPSA) is 111 Å². The van der Waals surface area contributed by atoms with Gasteiger partial charge in [0, 0.05) is 12.6 Å². The largest absolute Gasteiger partial charge is 0.389 e. The quantitative estimate of drug-likeness (QED) is 0.353. The number of ether oxygens (including phenoxy) is 2. The molecule has 5 N–H and O–H groups in total. The number of aliphatic hydroxyl groups is 4. The van der Waals surface area contributed by atoms with Gasteiger partial charge in [-0.05, 0) is 12.0 Å². The van der Waals surface area contributed by atoms with E-state index in [1.807, 2.05) is 0 Å². The van der Waals surface area contributed by atoms with Crippen LogP contribution in [0, 0.1) is 0 Å². The lowest BCUT2D eigenvalue weighted by Crippen LogP contribution is -2.44. The van der Waals surface area contributed by atoms with Crippen LogP contribution >= 0.6 is 0 Å². The first-order chi connectivity index (χ1) is 9.08. The first-order valence-corrected chi connectivity index (χ1v) is 6.50. The fraction of sp³-hybridized carbons (Fsp3) is 0.833. The van der Waals surface area contributed by atoms with Gasteiger partial charge in [0.05, 0.1) is 18.8 Å². The zero-order valence-corrected chi connectivity index (χ0v) is 10.3. The summed E-state index contributed by atoms with van der Waals surface area (Å²) < 4.78 is 10.5. The molecule has 0 amide bonds. The molecule has 7 nitrogen and oxygen atoms in total. The van der Waals surface area contributed by atoms with Crippen LogP contribution in [-0.2, 0) is 9.47 Å². The van der Waals surface area contributed by atoms with Gasteiger partial charge in [-0.2, -0.15) is 0 Å². The third-order valence-electron chi connectivity index (χ3n) is 4.03. The zero-order chi connectivity index (χ0) is 13.6. The fourth-order valence-electron chi connectivity index (χ4n) is 2.83. The molecular formula is C12H19NO6. The predicted molar refractivity (Wildman–Crippen MR) is 63.1 cm³/mol. The van der Waals surface area contributed by atoms with Crippen LogP contribution in [0.15, 0.2) is 11.6 Å². The fourth-order valence-corrected chi connectivity index (χ4v) is 2.83. The summed E-state index contributed by atoms with van der Waals surface area (Å²) in [5.41, 5.74) is 0.467. The lowest BCUT2D eigenvalue weighted by Gasteiger charge is -2.31. The minimum absolute atomic E-state index is 0.267. The van der Waals surface area contributed by atoms with Crippen LogP contribution in [0.5, 0.6) is 0 Å². The van der Waals surface area contributed by atoms with E-state index in [0.29, 0.717) is 18.5 Å². The van der Waals surface area contributed by atoms with E-state index in [0.717, 1.165) is 0 Å². The Kier molecular flexibility index (Phi) is 3.61. The SMILES string of the molecule is O[C@@H]1[C@H](C/C=C2\[C@@H](O)[C@@H]3OC[C@@H](O3)[C@@H]2O)NC[C@@H]1O. The van der Waals surface area contributed by atoms with Crippen LogP contribution in [0.25, 0.3) is 0 Å². The van der Waals surface area contributed by atoms with Gasteiger partial charge in [0.2, 0.25) is 0 Å². The minimum Gasteiger partial charge on any atom is -0.389 e. The second-order valence-electron chi connectivity index (χ2n) is 5.28. The normalized spacial score (nSPS) is 52.0. The number of aliphatic hydroxyl groups excluding tert-OH is 4. The van der Waals surface area contributed by atoms with Crippen molar-refractivity contribution in [1.82, 2.24) is 5.32 Å². The van der Waals surface area contributed by atoms with Crippen molar-refractivity contribution >= 4 is 0 Å². The van der Waals surface area contributed by atoms with Gasteiger partial charge in [0.15, 0.2) is 6.29 Å². The number of hydrogen-bond donors (Lipinski definition) is 5. The Hall–Kier alpha value is -0.540. The van der Waals surface area contributed by atoms with Gasteiger partial charge in [-0.25, -0.2) is 0 Å². The molecule has 0 spiro atoms. The van der Waals surface area contributed by atoms with Crippen LogP contribution in [0.3, 0.4) is 0 Å². The molecule has 7 heteroatoms. The molecule has 108 valence electrons. The molecule has 0 unspecified atom stereocenters. The number of nitrogens with one attached hydrogen (secondary N) is 1. The van der Waals surface area contributed by atoms with E-state index in [1.54, 1.807) is 6.08 Å². The monoisotopic (exact) mass is 273 g/mol. The molecule has 3 aliphatic heterocycles. The van der Waals surface area contributed by atoms with Crippen molar-refractivity contribution in [3.8, 4) is 0 Å². The summed E-state index contributed by atoms with van der Waals surface area (Å²) in [6.07, 6.45) is -2.52. The van der Waals surface area contributed by atoms with Crippen molar-refractivity contribution in [3.63, 3.8) is 0 Å². The number of fused-ring (bicyclic) bond motifs is 2. The first-order valence-electron chi connectivity index (χ1n) is 6.50. The molecule has 3 aliphatic rings. The maximum atomic E-state index is 10.1. The van der Waals surface area contributed by atoms with Gasteiger partial charge in [0.1, 0.15) is 18.3 Å². The Morgan fingerprint density at radius 3 is 2.68 bits per heavy atom. The molecule has 0 aliphatic carbocycles. The van der Waals surface area contributed by atoms with Crippen LogP contribution in [0.4, 0.5) is 0 Å². The van der Waals surface area contributed by atoms with E-state index in [9.17, 15) is 20.4 Å². The maximum absolute atomic E-state index is 10.1. The Bertz CT molecular complexity index is 357. The lowest BCUT2D eigenvalue weighted by atomic mass is 9.94. The van der Waals surface area contributed by atoms with Gasteiger partial charge in [-0.1, -0.05) is 6.08 Å². The van der Waals surface area contributed by atoms with E-state index in [-0.39, 0.29) is 12.6 Å². The Balaban J connectivity index is 1.69. The Morgan fingerprint density at radius 1 is 1.21 bits per heavy atom. The van der Waals surface area contributed by atoms with Crippen molar-refractivity contribution in [1.29, 1.82) is 0 Å². The molecule has 0 saturated carbocycles. The molecule has 3 fully saturated rings. The zero-order valence-electron chi connectivity index (χ0n) is 10.3. The predicted octanol–water partition coefficient (Wildman–Crippen LogP) is -2.53. The highest BCUT2D eigenvalue weighted by Crippen LogP contribution is 2.32. The Labute approximate surface area is 110 Å². The van der Waals surface area contributed by atoms with E-state index >= 15 is 0 Å². The van der Waals surface area contributed by atoms with E-state index < -0.39 is 36.8 Å². The summed E-state index contributed by atoms with van der Waals surface area (Å²) in [6, 6.07) is -0.275. The average Bonchev–Trinajstić information content (AvgIpc) is 2.97. The van der Waals surface area contributed by atoms with Crippen molar-refractivity contribution < 1.29 is 29.9 Å². The highest BCUT2D eigenvalue weighted by Gasteiger charge is 2.46. The molecule has 3 rings (SSSR count). The van der Waals surface area contributed by atoms with Crippen molar-refractivity contribution in [2.24, 2.45) is 0 Å². The van der Waals surface area contributed by atoms with Gasteiger partial charge < -0.3 is 35.2 Å². The van der Waals surface area contributed by atoms with Crippen molar-refractivity contribution in [2.75, 3.05) is 13.2 Å². The second kappa shape index (κ2) is 5.10. The van der Waals surface area contributed by atoms with Gasteiger partial charge in [-0.3, -0.25) is 0 Å². The molecule has 0 aromatic rings. The summed E-state index contributed by atoms with van der Waals surface area (Å²) in [7, 11) is 0. The molecule has 0 radical (unpaired) electrons. The average molecular weight is 273 g/mol. The number of β-amino-alcohol motifs (C(OH)–C–C–N with tert-alkyl or cyclic N) is 1. The van der Waals surface area contributed by atoms with Crippen LogP contribution in [0.2, 0.25) is 0 Å². The summed E-state index contributed by atoms with van der Waals surface area (Å²) in [5, 5.41) is 42.2. The van der Waals surface area contributed by atoms with E-state index in [4.69, 9.17) is 9.47 Å². The Morgan fingerprint density at radius 2 is 2.00 bits per heavy atom. The maximum Gasteiger partial charge on any atom is 0.188 e. The third-order valence-corrected chi connectivity index (χ3v) is 4.03. The highest BCUT2D eigenvalue weighted by molar-refractivity contribution is 5.21. The minimum atomic E-state index is -0.989. The number of hydrogen-bond acceptors (Lipinski definition) is 7.